The summed E-state index contributed by atoms with van der Waals surface area (Å²) in [5.74, 6) is 0. The molecular formula is C40H24O. The maximum atomic E-state index is 9.05. The van der Waals surface area contributed by atoms with Crippen LogP contribution in [0.1, 0.15) is 2.74 Å². The van der Waals surface area contributed by atoms with E-state index in [0.29, 0.717) is 11.0 Å². The smallest absolute Gasteiger partial charge is 0.143 e. The highest BCUT2D eigenvalue weighted by Gasteiger charge is 2.18. The number of hydrogen-bond acceptors (Lipinski definition) is 1. The third-order valence-electron chi connectivity index (χ3n) is 8.44. The van der Waals surface area contributed by atoms with Gasteiger partial charge in [0.2, 0.25) is 0 Å². The molecule has 9 rings (SSSR count). The molecule has 0 aliphatic carbocycles. The summed E-state index contributed by atoms with van der Waals surface area (Å²) in [6.07, 6.45) is 0. The molecule has 0 saturated heterocycles. The third kappa shape index (κ3) is 3.30. The van der Waals surface area contributed by atoms with Gasteiger partial charge in [0, 0.05) is 16.2 Å². The first-order chi connectivity index (χ1) is 21.2. The molecule has 0 unspecified atom stereocenters. The molecule has 0 spiro atoms. The first-order valence-electron chi connectivity index (χ1n) is 14.9. The van der Waals surface area contributed by atoms with Crippen molar-refractivity contribution < 1.29 is 7.16 Å². The number of rotatable bonds is 2. The summed E-state index contributed by atoms with van der Waals surface area (Å²) in [4.78, 5) is 0. The molecule has 41 heavy (non-hydrogen) atoms. The summed E-state index contributed by atoms with van der Waals surface area (Å²) in [6, 6.07) is 46.9. The zero-order valence-electron chi connectivity index (χ0n) is 24.1. The molecule has 0 N–H and O–H groups in total. The lowest BCUT2D eigenvalue weighted by atomic mass is 9.85. The van der Waals surface area contributed by atoms with E-state index in [1.54, 1.807) is 0 Å². The van der Waals surface area contributed by atoms with Crippen molar-refractivity contribution in [3.05, 3.63) is 146 Å². The number of furan rings is 1. The SMILES string of the molecule is [2H]c1c([2H])c2c3ccccc3oc2c2ccc(-c3c4ccccc4c(-c4ccc5ccccc5c4)c4ccccc34)cc12. The largest absolute Gasteiger partial charge is 0.455 e. The lowest BCUT2D eigenvalue weighted by molar-refractivity contribution is 0.672. The molecular weight excluding hydrogens is 496 g/mol. The number of fused-ring (bicyclic) bond motifs is 8. The standard InChI is InChI=1S/C40H24O/c1-2-10-26-23-28(18-17-25(26)9-1)38-32-12-3-5-14-34(32)39(35-15-6-4-13-33(35)38)29-20-21-30-27(24-29)19-22-36-31-11-7-8-16-37(31)41-40(30)36/h1-24H/i19D,22D. The predicted octanol–water partition coefficient (Wildman–Crippen LogP) is 11.5. The molecule has 0 aliphatic rings. The Labute approximate surface area is 239 Å². The van der Waals surface area contributed by atoms with E-state index in [2.05, 4.69) is 109 Å². The Balaban J connectivity index is 1.37. The molecule has 1 aromatic heterocycles. The molecule has 0 aliphatic heterocycles. The van der Waals surface area contributed by atoms with Gasteiger partial charge in [0.1, 0.15) is 11.2 Å². The van der Waals surface area contributed by atoms with Crippen molar-refractivity contribution >= 4 is 65.0 Å². The van der Waals surface area contributed by atoms with E-state index >= 15 is 0 Å². The molecule has 1 nitrogen and oxygen atoms in total. The monoisotopic (exact) mass is 522 g/mol. The first-order valence-corrected chi connectivity index (χ1v) is 13.9. The summed E-state index contributed by atoms with van der Waals surface area (Å²) in [7, 11) is 0. The van der Waals surface area contributed by atoms with Gasteiger partial charge in [-0.1, -0.05) is 115 Å². The number of benzene rings is 8. The van der Waals surface area contributed by atoms with Gasteiger partial charge in [-0.2, -0.15) is 0 Å². The molecule has 1 heterocycles. The van der Waals surface area contributed by atoms with Gasteiger partial charge in [0.25, 0.3) is 0 Å². The van der Waals surface area contributed by atoms with E-state index in [0.717, 1.165) is 43.6 Å². The lowest BCUT2D eigenvalue weighted by Crippen LogP contribution is -1.91. The van der Waals surface area contributed by atoms with Gasteiger partial charge < -0.3 is 4.42 Å². The van der Waals surface area contributed by atoms with Crippen molar-refractivity contribution in [2.75, 3.05) is 0 Å². The normalized spacial score (nSPS) is 12.6. The van der Waals surface area contributed by atoms with Gasteiger partial charge in [0.15, 0.2) is 0 Å². The van der Waals surface area contributed by atoms with Crippen LogP contribution in [0.4, 0.5) is 0 Å². The molecule has 1 heteroatoms. The van der Waals surface area contributed by atoms with E-state index in [1.165, 1.54) is 32.7 Å². The van der Waals surface area contributed by atoms with Gasteiger partial charge in [-0.15, -0.1) is 0 Å². The Bertz CT molecular complexity index is 2540. The third-order valence-corrected chi connectivity index (χ3v) is 8.44. The predicted molar refractivity (Wildman–Crippen MR) is 175 cm³/mol. The van der Waals surface area contributed by atoms with E-state index in [4.69, 9.17) is 7.16 Å². The van der Waals surface area contributed by atoms with Gasteiger partial charge in [-0.05, 0) is 90.3 Å². The van der Waals surface area contributed by atoms with Crippen molar-refractivity contribution in [1.82, 2.24) is 0 Å². The van der Waals surface area contributed by atoms with Crippen molar-refractivity contribution in [2.45, 2.75) is 0 Å². The fourth-order valence-corrected chi connectivity index (χ4v) is 6.59. The summed E-state index contributed by atoms with van der Waals surface area (Å²) in [5, 5.41) is 10.3. The molecule has 0 atom stereocenters. The minimum atomic E-state index is 0.200. The van der Waals surface area contributed by atoms with Crippen molar-refractivity contribution in [1.29, 1.82) is 0 Å². The van der Waals surface area contributed by atoms with Crippen LogP contribution in [0.25, 0.3) is 87.3 Å². The Morgan fingerprint density at radius 3 is 1.61 bits per heavy atom. The Morgan fingerprint density at radius 2 is 0.927 bits per heavy atom. The zero-order chi connectivity index (χ0) is 28.7. The fraction of sp³-hybridized carbons (Fsp3) is 0. The van der Waals surface area contributed by atoms with Crippen LogP contribution < -0.4 is 0 Å². The van der Waals surface area contributed by atoms with Crippen molar-refractivity contribution in [3.63, 3.8) is 0 Å². The lowest BCUT2D eigenvalue weighted by Gasteiger charge is -2.18. The van der Waals surface area contributed by atoms with Gasteiger partial charge in [-0.25, -0.2) is 0 Å². The summed E-state index contributed by atoms with van der Waals surface area (Å²) in [6.45, 7) is 0. The second kappa shape index (κ2) is 8.55. The average Bonchev–Trinajstić information content (AvgIpc) is 3.45. The highest BCUT2D eigenvalue weighted by atomic mass is 16.3. The van der Waals surface area contributed by atoms with Gasteiger partial charge in [0.05, 0.1) is 2.74 Å². The van der Waals surface area contributed by atoms with E-state index < -0.39 is 0 Å². The highest BCUT2D eigenvalue weighted by Crippen LogP contribution is 2.45. The van der Waals surface area contributed by atoms with Crippen LogP contribution in [-0.4, -0.2) is 0 Å². The first kappa shape index (κ1) is 20.5. The van der Waals surface area contributed by atoms with Crippen LogP contribution in [0.2, 0.25) is 0 Å². The van der Waals surface area contributed by atoms with Crippen LogP contribution >= 0.6 is 0 Å². The van der Waals surface area contributed by atoms with Crippen molar-refractivity contribution in [2.24, 2.45) is 0 Å². The highest BCUT2D eigenvalue weighted by molar-refractivity contribution is 6.22. The molecule has 0 bridgehead atoms. The average molecular weight is 523 g/mol. The van der Waals surface area contributed by atoms with Crippen LogP contribution in [0.15, 0.2) is 150 Å². The Hall–Kier alpha value is -5.40. The maximum Gasteiger partial charge on any atom is 0.143 e. The minimum Gasteiger partial charge on any atom is -0.455 e. The van der Waals surface area contributed by atoms with Crippen LogP contribution in [0.5, 0.6) is 0 Å². The molecule has 190 valence electrons. The molecule has 0 radical (unpaired) electrons. The molecule has 8 aromatic carbocycles. The second-order valence-corrected chi connectivity index (χ2v) is 10.7. The maximum absolute atomic E-state index is 9.05. The fourth-order valence-electron chi connectivity index (χ4n) is 6.59. The van der Waals surface area contributed by atoms with E-state index in [-0.39, 0.29) is 12.1 Å². The van der Waals surface area contributed by atoms with Gasteiger partial charge >= 0.3 is 0 Å². The molecule has 0 amide bonds. The van der Waals surface area contributed by atoms with Crippen LogP contribution in [0, 0.1) is 0 Å². The molecule has 0 saturated carbocycles. The zero-order valence-corrected chi connectivity index (χ0v) is 22.1. The molecule has 9 aromatic rings. The summed E-state index contributed by atoms with van der Waals surface area (Å²) in [5.41, 5.74) is 5.98. The van der Waals surface area contributed by atoms with E-state index in [1.807, 2.05) is 24.3 Å². The summed E-state index contributed by atoms with van der Waals surface area (Å²) < 4.78 is 24.3. The minimum absolute atomic E-state index is 0.200. The van der Waals surface area contributed by atoms with E-state index in [9.17, 15) is 0 Å². The summed E-state index contributed by atoms with van der Waals surface area (Å²) >= 11 is 0. The van der Waals surface area contributed by atoms with Gasteiger partial charge in [-0.3, -0.25) is 0 Å². The number of hydrogen-bond donors (Lipinski definition) is 0. The topological polar surface area (TPSA) is 13.1 Å². The van der Waals surface area contributed by atoms with Crippen LogP contribution in [0.3, 0.4) is 0 Å². The quantitative estimate of drug-likeness (QED) is 0.206. The van der Waals surface area contributed by atoms with Crippen LogP contribution in [-0.2, 0) is 0 Å². The molecule has 0 fully saturated rings. The Kier molecular flexibility index (Phi) is 4.27. The Morgan fingerprint density at radius 1 is 0.390 bits per heavy atom. The van der Waals surface area contributed by atoms with Crippen molar-refractivity contribution in [3.8, 4) is 22.3 Å². The number of para-hydroxylation sites is 1. The second-order valence-electron chi connectivity index (χ2n) is 10.7.